The first-order valence-electron chi connectivity index (χ1n) is 27.0. The zero-order chi connectivity index (χ0) is 47.9. The molecule has 71 heavy (non-hydrogen) atoms. The summed E-state index contributed by atoms with van der Waals surface area (Å²) >= 11 is 0. The molecule has 0 atom stereocenters. The number of phenols is 1. The highest BCUT2D eigenvalue weighted by Crippen LogP contribution is 2.47. The van der Waals surface area contributed by atoms with Crippen LogP contribution in [0.5, 0.6) is 5.75 Å². The number of anilines is 2. The molecule has 352 valence electrons. The number of benzene rings is 11. The van der Waals surface area contributed by atoms with E-state index in [9.17, 15) is 5.11 Å². The third kappa shape index (κ3) is 6.68. The maximum atomic E-state index is 10.5. The van der Waals surface area contributed by atoms with Crippen molar-refractivity contribution in [1.82, 2.24) is 0 Å². The van der Waals surface area contributed by atoms with Crippen LogP contribution >= 0.6 is 0 Å². The van der Waals surface area contributed by atoms with Gasteiger partial charge >= 0.3 is 0 Å². The van der Waals surface area contributed by atoms with Crippen molar-refractivity contribution in [2.45, 2.75) is 105 Å². The lowest BCUT2D eigenvalue weighted by molar-refractivity contribution is 0.475. The van der Waals surface area contributed by atoms with Crippen molar-refractivity contribution in [3.05, 3.63) is 180 Å². The van der Waals surface area contributed by atoms with Gasteiger partial charge in [0.1, 0.15) is 5.75 Å². The van der Waals surface area contributed by atoms with E-state index >= 15 is 0 Å². The molecule has 3 nitrogen and oxygen atoms in total. The predicted octanol–water partition coefficient (Wildman–Crippen LogP) is 18.5. The molecule has 0 radical (unpaired) electrons. The Morgan fingerprint density at radius 1 is 0.366 bits per heavy atom. The molecule has 3 N–H and O–H groups in total. The van der Waals surface area contributed by atoms with Crippen molar-refractivity contribution in [1.29, 1.82) is 0 Å². The van der Waals surface area contributed by atoms with E-state index in [0.717, 1.165) is 31.5 Å². The second-order valence-electron chi connectivity index (χ2n) is 21.0. The predicted molar refractivity (Wildman–Crippen MR) is 304 cm³/mol. The van der Waals surface area contributed by atoms with E-state index in [4.69, 9.17) is 0 Å². The van der Waals surface area contributed by atoms with E-state index in [1.54, 1.807) is 0 Å². The van der Waals surface area contributed by atoms with E-state index < -0.39 is 0 Å². The number of aryl methyl sites for hydroxylation is 2. The number of aromatic hydroxyl groups is 1. The van der Waals surface area contributed by atoms with Crippen molar-refractivity contribution in [2.75, 3.05) is 23.7 Å². The van der Waals surface area contributed by atoms with Crippen molar-refractivity contribution in [3.8, 4) is 16.9 Å². The van der Waals surface area contributed by atoms with Gasteiger partial charge in [-0.3, -0.25) is 0 Å². The first kappa shape index (κ1) is 43.9. The van der Waals surface area contributed by atoms with Crippen LogP contribution in [0.15, 0.2) is 127 Å². The van der Waals surface area contributed by atoms with Crippen LogP contribution in [-0.4, -0.2) is 18.2 Å². The average Bonchev–Trinajstić information content (AvgIpc) is 3.94. The number of hydrogen-bond donors (Lipinski definition) is 3. The van der Waals surface area contributed by atoms with Crippen molar-refractivity contribution >= 4 is 86.8 Å². The molecule has 0 bridgehead atoms. The Hall–Kier alpha value is -7.10. The van der Waals surface area contributed by atoms with E-state index in [1.165, 1.54) is 209 Å². The minimum atomic E-state index is 0.291. The number of unbranched alkanes of at least 4 members (excludes halogenated alkanes) is 10. The molecule has 3 heteroatoms. The van der Waals surface area contributed by atoms with Gasteiger partial charge < -0.3 is 15.7 Å². The molecule has 0 spiro atoms. The molecular weight excluding hydrogens is 861 g/mol. The van der Waals surface area contributed by atoms with Gasteiger partial charge in [-0.15, -0.1) is 0 Å². The Labute approximate surface area is 415 Å². The molecule has 0 aliphatic heterocycles. The summed E-state index contributed by atoms with van der Waals surface area (Å²) in [6, 6.07) is 48.0. The van der Waals surface area contributed by atoms with Crippen LogP contribution in [0.25, 0.3) is 86.5 Å². The monoisotopic (exact) mass is 925 g/mol. The third-order valence-corrected chi connectivity index (χ3v) is 16.8. The van der Waals surface area contributed by atoms with Crippen LogP contribution in [-0.2, 0) is 0 Å². The maximum Gasteiger partial charge on any atom is 0.115 e. The largest absolute Gasteiger partial charge is 0.508 e. The molecule has 13 rings (SSSR count). The van der Waals surface area contributed by atoms with Crippen molar-refractivity contribution in [3.63, 3.8) is 0 Å². The van der Waals surface area contributed by atoms with Gasteiger partial charge in [0, 0.05) is 34.8 Å². The van der Waals surface area contributed by atoms with E-state index in [0.29, 0.717) is 5.75 Å². The third-order valence-electron chi connectivity index (χ3n) is 16.8. The number of rotatable bonds is 17. The fraction of sp³-hybridized carbons (Fsp3) is 0.265. The minimum Gasteiger partial charge on any atom is -0.508 e. The molecule has 2 aliphatic rings. The summed E-state index contributed by atoms with van der Waals surface area (Å²) in [6.07, 6.45) is 15.1. The standard InChI is InChI=1S/C68H64N2O/c1-5-7-9-11-13-19-37-69-57-39-56(42-25-27-43(71)28-26-42)68(70-38-20-14-12-10-8-6-2)67-55-36-32-51-49-30-34-53-61-41(4)59-47-24-18-16-22-45(47)44-21-15-17-23-46(44)58(59)40(3)60(61)52-33-29-48(62(49)64(52)53)50-31-35-54(66(57)67)65(55)63(50)51/h15-18,21-36,39,69-71H,5-14,19-20,37-38H2,1-4H3. The first-order chi connectivity index (χ1) is 35.0. The van der Waals surface area contributed by atoms with Gasteiger partial charge in [0.2, 0.25) is 0 Å². The average molecular weight is 925 g/mol. The zero-order valence-electron chi connectivity index (χ0n) is 42.0. The fourth-order valence-corrected chi connectivity index (χ4v) is 13.6. The number of phenolic OH excluding ortho intramolecular Hbond substituents is 1. The van der Waals surface area contributed by atoms with Crippen LogP contribution < -0.4 is 10.6 Å². The Bertz CT molecular complexity index is 4250. The Kier molecular flexibility index (Phi) is 10.9. The summed E-state index contributed by atoms with van der Waals surface area (Å²) in [5, 5.41) is 48.3. The highest BCUT2D eigenvalue weighted by Gasteiger charge is 2.24. The van der Waals surface area contributed by atoms with Gasteiger partial charge in [-0.2, -0.15) is 0 Å². The zero-order valence-corrected chi connectivity index (χ0v) is 42.0. The number of hydrogen-bond acceptors (Lipinski definition) is 3. The van der Waals surface area contributed by atoms with E-state index in [2.05, 4.69) is 154 Å². The van der Waals surface area contributed by atoms with Crippen LogP contribution in [0.2, 0.25) is 0 Å². The lowest BCUT2D eigenvalue weighted by Crippen LogP contribution is -2.08. The normalized spacial score (nSPS) is 12.5. The van der Waals surface area contributed by atoms with E-state index in [1.807, 2.05) is 12.1 Å². The van der Waals surface area contributed by atoms with E-state index in [-0.39, 0.29) is 0 Å². The Morgan fingerprint density at radius 3 is 1.27 bits per heavy atom. The summed E-state index contributed by atoms with van der Waals surface area (Å²) in [4.78, 5) is 0. The van der Waals surface area contributed by atoms with Gasteiger partial charge in [0.15, 0.2) is 0 Å². The summed E-state index contributed by atoms with van der Waals surface area (Å²) in [5.41, 5.74) is 7.45. The highest BCUT2D eigenvalue weighted by atomic mass is 16.3. The summed E-state index contributed by atoms with van der Waals surface area (Å²) < 4.78 is 0. The quantitative estimate of drug-likeness (QED) is 0.0484. The SMILES string of the molecule is CCCCCCCCNc1cc(-c2ccc(O)cc2)c(NCCCCCCCC)c2c1=c1ccc3c4ccc5c6c(ccc(c7ccc=2c1c37)c64)=c1c(C)c2c3ccccc3c3ccccc3c2c(C)c1=5. The van der Waals surface area contributed by atoms with Gasteiger partial charge in [0.05, 0.1) is 5.69 Å². The molecule has 0 fully saturated rings. The fourth-order valence-electron chi connectivity index (χ4n) is 13.6. The van der Waals surface area contributed by atoms with Crippen molar-refractivity contribution < 1.29 is 5.11 Å². The van der Waals surface area contributed by atoms with Crippen LogP contribution in [0.3, 0.4) is 0 Å². The van der Waals surface area contributed by atoms with Crippen LogP contribution in [0.1, 0.15) is 102 Å². The van der Waals surface area contributed by atoms with Gasteiger partial charge in [-0.25, -0.2) is 0 Å². The number of fused-ring (bicyclic) bond motifs is 10. The molecular formula is C68H64N2O. The van der Waals surface area contributed by atoms with Crippen LogP contribution in [0, 0.1) is 55.6 Å². The molecule has 0 unspecified atom stereocenters. The second-order valence-corrected chi connectivity index (χ2v) is 21.0. The highest BCUT2D eigenvalue weighted by molar-refractivity contribution is 6.33. The minimum absolute atomic E-state index is 0.291. The Morgan fingerprint density at radius 2 is 0.775 bits per heavy atom. The lowest BCUT2D eigenvalue weighted by Gasteiger charge is -2.18. The first-order valence-corrected chi connectivity index (χ1v) is 27.0. The topological polar surface area (TPSA) is 44.3 Å². The molecule has 0 saturated carbocycles. The maximum absolute atomic E-state index is 10.5. The van der Waals surface area contributed by atoms with Gasteiger partial charge in [-0.1, -0.05) is 187 Å². The van der Waals surface area contributed by atoms with Crippen LogP contribution in [0.4, 0.5) is 11.4 Å². The molecule has 11 aromatic rings. The molecule has 0 aromatic heterocycles. The summed E-state index contributed by atoms with van der Waals surface area (Å²) in [6.45, 7) is 11.2. The van der Waals surface area contributed by atoms with Gasteiger partial charge in [0.25, 0.3) is 0 Å². The summed E-state index contributed by atoms with van der Waals surface area (Å²) in [7, 11) is 0. The molecule has 11 aromatic carbocycles. The lowest BCUT2D eigenvalue weighted by atomic mass is 9.88. The molecule has 0 saturated heterocycles. The summed E-state index contributed by atoms with van der Waals surface area (Å²) in [5.74, 6) is 0.291. The number of nitrogens with one attached hydrogen (secondary N) is 2. The Balaban J connectivity index is 1.08. The van der Waals surface area contributed by atoms with Gasteiger partial charge in [-0.05, 0) is 168 Å². The smallest absolute Gasteiger partial charge is 0.115 e. The second kappa shape index (κ2) is 17.6. The molecule has 2 aliphatic carbocycles. The molecule has 0 heterocycles. The molecule has 0 amide bonds. The van der Waals surface area contributed by atoms with Crippen molar-refractivity contribution in [2.24, 2.45) is 0 Å².